The Bertz CT molecular complexity index is 1240. The molecule has 40 heavy (non-hydrogen) atoms. The van der Waals surface area contributed by atoms with E-state index < -0.39 is 26.5 Å². The highest BCUT2D eigenvalue weighted by Crippen LogP contribution is 2.39. The first kappa shape index (κ1) is 29.2. The number of nitrogens with one attached hydrogen (secondary N) is 1. The number of hydrogen-bond donors (Lipinski definition) is 1. The lowest BCUT2D eigenvalue weighted by Crippen LogP contribution is -2.67. The molecule has 3 unspecified atom stereocenters. The maximum Gasteiger partial charge on any atom is 0.408 e. The van der Waals surface area contributed by atoms with Crippen molar-refractivity contribution in [3.63, 3.8) is 0 Å². The van der Waals surface area contributed by atoms with Crippen LogP contribution in [0.25, 0.3) is 0 Å². The van der Waals surface area contributed by atoms with Gasteiger partial charge in [-0.05, 0) is 27.9 Å². The number of ether oxygens (including phenoxy) is 1. The minimum atomic E-state index is -2.86. The Morgan fingerprint density at radius 2 is 1.48 bits per heavy atom. The van der Waals surface area contributed by atoms with Crippen LogP contribution in [0.2, 0.25) is 5.04 Å². The highest BCUT2D eigenvalue weighted by Gasteiger charge is 2.53. The molecule has 0 radical (unpaired) electrons. The van der Waals surface area contributed by atoms with Crippen LogP contribution in [-0.4, -0.2) is 56.2 Å². The fourth-order valence-corrected chi connectivity index (χ4v) is 10.2. The first-order valence-corrected chi connectivity index (χ1v) is 15.6. The number of carbonyl (C=O) groups is 3. The van der Waals surface area contributed by atoms with Gasteiger partial charge in [0.25, 0.3) is 8.32 Å². The van der Waals surface area contributed by atoms with Crippen molar-refractivity contribution < 1.29 is 23.5 Å². The van der Waals surface area contributed by atoms with Crippen molar-refractivity contribution in [3.05, 3.63) is 96.6 Å². The molecule has 2 amide bonds. The van der Waals surface area contributed by atoms with Crippen molar-refractivity contribution >= 4 is 37.0 Å². The number of likely N-dealkylation sites (tertiary alicyclic amines) is 1. The predicted octanol–water partition coefficient (Wildman–Crippen LogP) is 4.05. The normalized spacial score (nSPS) is 18.1. The second-order valence-electron chi connectivity index (χ2n) is 11.3. The minimum absolute atomic E-state index is 0.0999. The average molecular weight is 559 g/mol. The van der Waals surface area contributed by atoms with E-state index in [1.54, 1.807) is 6.92 Å². The largest absolute Gasteiger partial charge is 0.445 e. The van der Waals surface area contributed by atoms with Crippen LogP contribution in [0.5, 0.6) is 0 Å². The van der Waals surface area contributed by atoms with Crippen molar-refractivity contribution in [1.82, 2.24) is 10.2 Å². The standard InChI is InChI=1S/C32H38N2O5Si/c1-24(33-31(37)38-23-25-14-8-5-9-15-25)30(36)34-21-27(20-26(34)22-35)39-40(32(2,3)4,28-16-10-6-11-17-28)29-18-12-7-13-19-29/h5-19,22,24,26-27H,20-21,23H2,1-4H3,(H,33,37). The molecule has 1 saturated heterocycles. The van der Waals surface area contributed by atoms with Crippen LogP contribution in [0.4, 0.5) is 4.79 Å². The SMILES string of the molecule is CC(NC(=O)OCc1ccccc1)C(=O)N1CC(O[Si](c2ccccc2)(c2ccccc2)C(C)(C)C)CC1C=O. The number of benzene rings is 3. The van der Waals surface area contributed by atoms with Gasteiger partial charge >= 0.3 is 6.09 Å². The number of aldehydes is 1. The number of carbonyl (C=O) groups excluding carboxylic acids is 3. The minimum Gasteiger partial charge on any atom is -0.445 e. The van der Waals surface area contributed by atoms with E-state index in [0.29, 0.717) is 6.42 Å². The molecule has 0 spiro atoms. The van der Waals surface area contributed by atoms with Crippen molar-refractivity contribution in [3.8, 4) is 0 Å². The number of alkyl carbamates (subject to hydrolysis) is 1. The average Bonchev–Trinajstić information content (AvgIpc) is 3.38. The molecule has 1 fully saturated rings. The van der Waals surface area contributed by atoms with Crippen LogP contribution >= 0.6 is 0 Å². The maximum absolute atomic E-state index is 13.4. The second kappa shape index (κ2) is 12.6. The summed E-state index contributed by atoms with van der Waals surface area (Å²) in [5, 5.41) is 4.65. The molecule has 7 nitrogen and oxygen atoms in total. The Morgan fingerprint density at radius 1 is 0.950 bits per heavy atom. The molecule has 0 aliphatic carbocycles. The van der Waals surface area contributed by atoms with Crippen molar-refractivity contribution in [2.45, 2.75) is 63.9 Å². The van der Waals surface area contributed by atoms with Gasteiger partial charge in [-0.2, -0.15) is 0 Å². The molecular weight excluding hydrogens is 520 g/mol. The zero-order valence-corrected chi connectivity index (χ0v) is 24.6. The van der Waals surface area contributed by atoms with Gasteiger partial charge in [-0.15, -0.1) is 0 Å². The van der Waals surface area contributed by atoms with E-state index in [2.05, 4.69) is 50.4 Å². The molecule has 0 bridgehead atoms. The molecule has 1 aliphatic rings. The van der Waals surface area contributed by atoms with Crippen LogP contribution in [0.3, 0.4) is 0 Å². The molecule has 4 rings (SSSR count). The molecule has 3 atom stereocenters. The van der Waals surface area contributed by atoms with Crippen LogP contribution in [0, 0.1) is 0 Å². The number of hydrogen-bond acceptors (Lipinski definition) is 5. The summed E-state index contributed by atoms with van der Waals surface area (Å²) in [7, 11) is -2.86. The van der Waals surface area contributed by atoms with E-state index in [1.807, 2.05) is 66.7 Å². The Labute approximate surface area is 237 Å². The van der Waals surface area contributed by atoms with Crippen LogP contribution in [-0.2, 0) is 25.4 Å². The highest BCUT2D eigenvalue weighted by molar-refractivity contribution is 6.99. The molecule has 8 heteroatoms. The van der Waals surface area contributed by atoms with Gasteiger partial charge in [0, 0.05) is 13.0 Å². The molecule has 210 valence electrons. The molecule has 0 saturated carbocycles. The first-order chi connectivity index (χ1) is 19.2. The summed E-state index contributed by atoms with van der Waals surface area (Å²) in [6.07, 6.45) is 0.159. The monoisotopic (exact) mass is 558 g/mol. The molecule has 1 heterocycles. The first-order valence-electron chi connectivity index (χ1n) is 13.7. The molecule has 3 aromatic carbocycles. The Balaban J connectivity index is 1.52. The number of amides is 2. The fraction of sp³-hybridized carbons (Fsp3) is 0.344. The third-order valence-corrected chi connectivity index (χ3v) is 12.5. The lowest BCUT2D eigenvalue weighted by molar-refractivity contribution is -0.136. The lowest BCUT2D eigenvalue weighted by atomic mass is 10.2. The summed E-state index contributed by atoms with van der Waals surface area (Å²) in [6.45, 7) is 8.55. The Morgan fingerprint density at radius 3 is 1.98 bits per heavy atom. The van der Waals surface area contributed by atoms with Gasteiger partial charge in [-0.1, -0.05) is 112 Å². The van der Waals surface area contributed by atoms with Gasteiger partial charge in [0.15, 0.2) is 0 Å². The van der Waals surface area contributed by atoms with Gasteiger partial charge in [-0.3, -0.25) is 4.79 Å². The van der Waals surface area contributed by atoms with Crippen molar-refractivity contribution in [2.24, 2.45) is 0 Å². The van der Waals surface area contributed by atoms with Gasteiger partial charge < -0.3 is 24.2 Å². The zero-order chi connectivity index (χ0) is 28.8. The molecule has 1 aliphatic heterocycles. The lowest BCUT2D eigenvalue weighted by Gasteiger charge is -2.44. The third-order valence-electron chi connectivity index (χ3n) is 7.42. The van der Waals surface area contributed by atoms with Crippen LogP contribution in [0.1, 0.15) is 39.7 Å². The van der Waals surface area contributed by atoms with E-state index in [4.69, 9.17) is 9.16 Å². The molecule has 0 aromatic heterocycles. The van der Waals surface area contributed by atoms with Crippen molar-refractivity contribution in [2.75, 3.05) is 6.54 Å². The Kier molecular flexibility index (Phi) is 9.22. The second-order valence-corrected chi connectivity index (χ2v) is 15.5. The third kappa shape index (κ3) is 6.34. The zero-order valence-electron chi connectivity index (χ0n) is 23.6. The summed E-state index contributed by atoms with van der Waals surface area (Å²) >= 11 is 0. The van der Waals surface area contributed by atoms with E-state index in [9.17, 15) is 14.4 Å². The molecule has 3 aromatic rings. The van der Waals surface area contributed by atoms with Crippen LogP contribution in [0.15, 0.2) is 91.0 Å². The summed E-state index contributed by atoms with van der Waals surface area (Å²) in [4.78, 5) is 39.5. The molecule has 1 N–H and O–H groups in total. The quantitative estimate of drug-likeness (QED) is 0.317. The molecular formula is C32H38N2O5Si. The van der Waals surface area contributed by atoms with Crippen molar-refractivity contribution in [1.29, 1.82) is 0 Å². The van der Waals surface area contributed by atoms with Crippen LogP contribution < -0.4 is 15.7 Å². The van der Waals surface area contributed by atoms with E-state index in [0.717, 1.165) is 22.2 Å². The summed E-state index contributed by atoms with van der Waals surface area (Å²) in [5.41, 5.74) is 0.848. The summed E-state index contributed by atoms with van der Waals surface area (Å²) in [5.74, 6) is -0.345. The summed E-state index contributed by atoms with van der Waals surface area (Å²) < 4.78 is 12.4. The summed E-state index contributed by atoms with van der Waals surface area (Å²) in [6, 6.07) is 28.4. The van der Waals surface area contributed by atoms with Gasteiger partial charge in [-0.25, -0.2) is 4.79 Å². The van der Waals surface area contributed by atoms with E-state index in [-0.39, 0.29) is 30.2 Å². The predicted molar refractivity (Wildman–Crippen MR) is 158 cm³/mol. The number of rotatable bonds is 9. The van der Waals surface area contributed by atoms with Gasteiger partial charge in [0.1, 0.15) is 18.9 Å². The smallest absolute Gasteiger partial charge is 0.408 e. The maximum atomic E-state index is 13.4. The van der Waals surface area contributed by atoms with Gasteiger partial charge in [0.05, 0.1) is 12.1 Å². The topological polar surface area (TPSA) is 84.9 Å². The van der Waals surface area contributed by atoms with Gasteiger partial charge in [0.2, 0.25) is 5.91 Å². The highest BCUT2D eigenvalue weighted by atomic mass is 28.4. The number of nitrogens with zero attached hydrogens (tertiary/aromatic N) is 1. The van der Waals surface area contributed by atoms with E-state index >= 15 is 0 Å². The Hall–Kier alpha value is -3.75. The van der Waals surface area contributed by atoms with E-state index in [1.165, 1.54) is 4.90 Å². The fourth-order valence-electron chi connectivity index (χ4n) is 5.49.